The third kappa shape index (κ3) is 7.19. The van der Waals surface area contributed by atoms with Crippen molar-refractivity contribution in [2.75, 3.05) is 19.7 Å². The van der Waals surface area contributed by atoms with Crippen molar-refractivity contribution in [3.05, 3.63) is 29.8 Å². The first-order chi connectivity index (χ1) is 12.6. The van der Waals surface area contributed by atoms with Crippen LogP contribution in [-0.2, 0) is 20.7 Å². The Morgan fingerprint density at radius 3 is 2.33 bits per heavy atom. The second kappa shape index (κ2) is 9.19. The van der Waals surface area contributed by atoms with Crippen LogP contribution in [0.5, 0.6) is 5.75 Å². The van der Waals surface area contributed by atoms with E-state index >= 15 is 0 Å². The van der Waals surface area contributed by atoms with Gasteiger partial charge in [0.05, 0.1) is 12.1 Å². The van der Waals surface area contributed by atoms with Crippen LogP contribution in [-0.4, -0.2) is 59.3 Å². The molecule has 150 valence electrons. The lowest BCUT2D eigenvalue weighted by Gasteiger charge is -2.33. The Morgan fingerprint density at radius 2 is 1.81 bits per heavy atom. The summed E-state index contributed by atoms with van der Waals surface area (Å²) in [7, 11) is 0. The minimum atomic E-state index is -0.977. The fraction of sp³-hybridized carbons (Fsp3) is 0.600. The molecule has 27 heavy (non-hydrogen) atoms. The molecule has 1 fully saturated rings. The number of piperidine rings is 1. The van der Waals surface area contributed by atoms with E-state index in [0.717, 1.165) is 11.3 Å². The van der Waals surface area contributed by atoms with Gasteiger partial charge in [0.25, 0.3) is 0 Å². The summed E-state index contributed by atoms with van der Waals surface area (Å²) >= 11 is 0. The molecular formula is C20H30N2O5. The zero-order chi connectivity index (χ0) is 20.0. The number of carbonyl (C=O) groups is 2. The van der Waals surface area contributed by atoms with Crippen molar-refractivity contribution in [1.29, 1.82) is 0 Å². The largest absolute Gasteiger partial charge is 0.488 e. The smallest absolute Gasteiger partial charge is 0.329 e. The van der Waals surface area contributed by atoms with Crippen LogP contribution in [0.15, 0.2) is 24.3 Å². The van der Waals surface area contributed by atoms with E-state index in [-0.39, 0.29) is 24.2 Å². The van der Waals surface area contributed by atoms with E-state index < -0.39 is 12.0 Å². The lowest BCUT2D eigenvalue weighted by molar-refractivity contribution is -0.147. The maximum Gasteiger partial charge on any atom is 0.329 e. The molecule has 0 bridgehead atoms. The number of likely N-dealkylation sites (tertiary alicyclic amines) is 1. The van der Waals surface area contributed by atoms with Gasteiger partial charge in [-0.3, -0.25) is 4.79 Å². The van der Waals surface area contributed by atoms with Crippen LogP contribution in [0.4, 0.5) is 0 Å². The summed E-state index contributed by atoms with van der Waals surface area (Å²) in [5.74, 6) is -0.272. The molecule has 0 spiro atoms. The predicted octanol–water partition coefficient (Wildman–Crippen LogP) is 1.83. The number of carboxylic acids is 1. The highest BCUT2D eigenvalue weighted by molar-refractivity contribution is 5.82. The first-order valence-corrected chi connectivity index (χ1v) is 9.30. The van der Waals surface area contributed by atoms with Crippen LogP contribution in [0.25, 0.3) is 0 Å². The molecule has 0 saturated carbocycles. The normalized spacial score (nSPS) is 16.8. The van der Waals surface area contributed by atoms with Gasteiger partial charge in [-0.05, 0) is 57.7 Å². The molecule has 0 aliphatic carbocycles. The zero-order valence-corrected chi connectivity index (χ0v) is 16.3. The number of carboxylic acid groups (broad SMARTS) is 1. The van der Waals surface area contributed by atoms with Crippen molar-refractivity contribution in [2.24, 2.45) is 5.73 Å². The molecule has 1 amide bonds. The van der Waals surface area contributed by atoms with E-state index in [1.807, 2.05) is 45.0 Å². The van der Waals surface area contributed by atoms with Crippen molar-refractivity contribution in [3.8, 4) is 5.75 Å². The number of nitrogens with zero attached hydrogens (tertiary/aromatic N) is 1. The summed E-state index contributed by atoms with van der Waals surface area (Å²) in [5.41, 5.74) is 6.85. The number of amides is 1. The lowest BCUT2D eigenvalue weighted by Crippen LogP contribution is -2.49. The quantitative estimate of drug-likeness (QED) is 0.750. The number of carbonyl (C=O) groups excluding carboxylic acids is 1. The maximum absolute atomic E-state index is 12.6. The highest BCUT2D eigenvalue weighted by atomic mass is 16.5. The van der Waals surface area contributed by atoms with Crippen LogP contribution < -0.4 is 10.5 Å². The van der Waals surface area contributed by atoms with Gasteiger partial charge in [0, 0.05) is 13.1 Å². The van der Waals surface area contributed by atoms with Gasteiger partial charge in [-0.25, -0.2) is 4.79 Å². The van der Waals surface area contributed by atoms with Gasteiger partial charge in [0.1, 0.15) is 18.0 Å². The van der Waals surface area contributed by atoms with Crippen molar-refractivity contribution in [1.82, 2.24) is 4.90 Å². The Labute approximate surface area is 160 Å². The van der Waals surface area contributed by atoms with E-state index in [0.29, 0.717) is 32.4 Å². The predicted molar refractivity (Wildman–Crippen MR) is 102 cm³/mol. The van der Waals surface area contributed by atoms with Crippen LogP contribution in [0.3, 0.4) is 0 Å². The number of hydrogen-bond donors (Lipinski definition) is 2. The molecule has 0 unspecified atom stereocenters. The third-order valence-corrected chi connectivity index (χ3v) is 4.32. The molecule has 1 heterocycles. The van der Waals surface area contributed by atoms with Gasteiger partial charge in [-0.1, -0.05) is 12.1 Å². The number of ether oxygens (including phenoxy) is 2. The van der Waals surface area contributed by atoms with E-state index in [1.165, 1.54) is 0 Å². The summed E-state index contributed by atoms with van der Waals surface area (Å²) in [6, 6.07) is 7.04. The lowest BCUT2D eigenvalue weighted by atomic mass is 10.0. The van der Waals surface area contributed by atoms with Crippen LogP contribution in [0.2, 0.25) is 0 Å². The van der Waals surface area contributed by atoms with Crippen molar-refractivity contribution < 1.29 is 24.2 Å². The minimum Gasteiger partial charge on any atom is -0.488 e. The summed E-state index contributed by atoms with van der Waals surface area (Å²) in [4.78, 5) is 24.9. The number of aliphatic carboxylic acids is 1. The molecular weight excluding hydrogens is 348 g/mol. The van der Waals surface area contributed by atoms with Crippen LogP contribution in [0, 0.1) is 0 Å². The second-order valence-electron chi connectivity index (χ2n) is 7.90. The highest BCUT2D eigenvalue weighted by Crippen LogP contribution is 2.20. The molecule has 1 aromatic rings. The van der Waals surface area contributed by atoms with Gasteiger partial charge in [0.2, 0.25) is 5.91 Å². The summed E-state index contributed by atoms with van der Waals surface area (Å²) in [6.45, 7) is 6.75. The minimum absolute atomic E-state index is 0.0818. The SMILES string of the molecule is CC(C)(C)Oc1ccc(C[C@H](N)C(=O)N2CCC(OCC(=O)O)CC2)cc1. The van der Waals surface area contributed by atoms with Crippen molar-refractivity contribution in [2.45, 2.75) is 57.8 Å². The third-order valence-electron chi connectivity index (χ3n) is 4.32. The molecule has 7 nitrogen and oxygen atoms in total. The van der Waals surface area contributed by atoms with Crippen LogP contribution in [0.1, 0.15) is 39.2 Å². The van der Waals surface area contributed by atoms with E-state index in [1.54, 1.807) is 4.90 Å². The average molecular weight is 378 g/mol. The van der Waals surface area contributed by atoms with Gasteiger partial charge in [-0.2, -0.15) is 0 Å². The van der Waals surface area contributed by atoms with E-state index in [2.05, 4.69) is 0 Å². The number of rotatable bonds is 7. The second-order valence-corrected chi connectivity index (χ2v) is 7.90. The van der Waals surface area contributed by atoms with Gasteiger partial charge in [0.15, 0.2) is 0 Å². The van der Waals surface area contributed by atoms with Gasteiger partial charge >= 0.3 is 5.97 Å². The summed E-state index contributed by atoms with van der Waals surface area (Å²) in [5, 5.41) is 8.66. The summed E-state index contributed by atoms with van der Waals surface area (Å²) in [6.07, 6.45) is 1.61. The number of benzene rings is 1. The monoisotopic (exact) mass is 378 g/mol. The molecule has 1 aromatic carbocycles. The van der Waals surface area contributed by atoms with E-state index in [9.17, 15) is 9.59 Å². The maximum atomic E-state index is 12.6. The molecule has 1 aliphatic heterocycles. The van der Waals surface area contributed by atoms with Crippen molar-refractivity contribution >= 4 is 11.9 Å². The Hall–Kier alpha value is -2.12. The van der Waals surface area contributed by atoms with Gasteiger partial charge in [-0.15, -0.1) is 0 Å². The first kappa shape index (κ1) is 21.2. The molecule has 1 atom stereocenters. The molecule has 0 radical (unpaired) electrons. The Morgan fingerprint density at radius 1 is 1.22 bits per heavy atom. The Bertz CT molecular complexity index is 631. The summed E-state index contributed by atoms with van der Waals surface area (Å²) < 4.78 is 11.1. The molecule has 1 saturated heterocycles. The molecule has 0 aromatic heterocycles. The average Bonchev–Trinajstić information content (AvgIpc) is 2.60. The topological polar surface area (TPSA) is 102 Å². The van der Waals surface area contributed by atoms with E-state index in [4.69, 9.17) is 20.3 Å². The number of hydrogen-bond acceptors (Lipinski definition) is 5. The standard InChI is InChI=1S/C20H30N2O5/c1-20(2,3)27-16-6-4-14(5-7-16)12-17(21)19(25)22-10-8-15(9-11-22)26-13-18(23)24/h4-7,15,17H,8-13,21H2,1-3H3,(H,23,24)/t17-/m0/s1. The Kier molecular flexibility index (Phi) is 7.21. The van der Waals surface area contributed by atoms with Crippen LogP contribution >= 0.6 is 0 Å². The first-order valence-electron chi connectivity index (χ1n) is 9.30. The Balaban J connectivity index is 1.81. The number of nitrogens with two attached hydrogens (primary N) is 1. The molecule has 7 heteroatoms. The molecule has 1 aliphatic rings. The zero-order valence-electron chi connectivity index (χ0n) is 16.3. The van der Waals surface area contributed by atoms with Crippen molar-refractivity contribution in [3.63, 3.8) is 0 Å². The fourth-order valence-electron chi connectivity index (χ4n) is 3.05. The highest BCUT2D eigenvalue weighted by Gasteiger charge is 2.27. The molecule has 3 N–H and O–H groups in total. The fourth-order valence-corrected chi connectivity index (χ4v) is 3.05. The molecule has 2 rings (SSSR count). The van der Waals surface area contributed by atoms with Gasteiger partial charge < -0.3 is 25.2 Å².